The highest BCUT2D eigenvalue weighted by Crippen LogP contribution is 2.36. The van der Waals surface area contributed by atoms with Crippen molar-refractivity contribution < 1.29 is 23.5 Å². The van der Waals surface area contributed by atoms with E-state index in [0.717, 1.165) is 51.2 Å². The first kappa shape index (κ1) is 24.6. The van der Waals surface area contributed by atoms with Gasteiger partial charge in [-0.3, -0.25) is 9.78 Å². The van der Waals surface area contributed by atoms with E-state index in [0.29, 0.717) is 24.3 Å². The molecule has 0 bridgehead atoms. The van der Waals surface area contributed by atoms with Crippen molar-refractivity contribution in [3.8, 4) is 11.3 Å². The fourth-order valence-electron chi connectivity index (χ4n) is 4.94. The van der Waals surface area contributed by atoms with Gasteiger partial charge in [0.15, 0.2) is 0 Å². The van der Waals surface area contributed by atoms with Gasteiger partial charge >= 0.3 is 6.09 Å². The van der Waals surface area contributed by atoms with Gasteiger partial charge in [0.25, 0.3) is 0 Å². The second kappa shape index (κ2) is 10.0. The highest BCUT2D eigenvalue weighted by Gasteiger charge is 2.26. The predicted molar refractivity (Wildman–Crippen MR) is 130 cm³/mol. The SMILES string of the molecule is Cc1cc(-c2[nH]c3ccc(C4CCN(C(=O)CN(C)C(=O)O)CC4)cc3c2CC(F)F)cc(C)n1. The molecule has 2 N–H and O–H groups in total. The molecule has 9 heteroatoms. The maximum atomic E-state index is 13.6. The third-order valence-electron chi connectivity index (χ3n) is 6.68. The summed E-state index contributed by atoms with van der Waals surface area (Å²) in [7, 11) is 1.37. The highest BCUT2D eigenvalue weighted by molar-refractivity contribution is 5.91. The third kappa shape index (κ3) is 5.44. The van der Waals surface area contributed by atoms with E-state index in [1.54, 1.807) is 4.90 Å². The van der Waals surface area contributed by atoms with Gasteiger partial charge in [0.1, 0.15) is 6.54 Å². The van der Waals surface area contributed by atoms with Crippen LogP contribution in [-0.4, -0.2) is 70.0 Å². The zero-order valence-electron chi connectivity index (χ0n) is 20.1. The zero-order chi connectivity index (χ0) is 25.3. The fourth-order valence-corrected chi connectivity index (χ4v) is 4.94. The molecule has 0 spiro atoms. The first-order valence-corrected chi connectivity index (χ1v) is 11.7. The Morgan fingerprint density at radius 3 is 2.43 bits per heavy atom. The number of hydrogen-bond acceptors (Lipinski definition) is 3. The van der Waals surface area contributed by atoms with Crippen LogP contribution in [0.25, 0.3) is 22.2 Å². The van der Waals surface area contributed by atoms with E-state index in [2.05, 4.69) is 9.97 Å². The Morgan fingerprint density at radius 2 is 1.83 bits per heavy atom. The Bertz CT molecular complexity index is 1230. The molecule has 0 unspecified atom stereocenters. The molecule has 0 radical (unpaired) electrons. The molecular formula is C26H30F2N4O3. The quantitative estimate of drug-likeness (QED) is 0.517. The number of carbonyl (C=O) groups excluding carboxylic acids is 1. The van der Waals surface area contributed by atoms with Crippen LogP contribution in [0.4, 0.5) is 13.6 Å². The van der Waals surface area contributed by atoms with Crippen molar-refractivity contribution >= 4 is 22.9 Å². The Morgan fingerprint density at radius 1 is 1.17 bits per heavy atom. The number of carbonyl (C=O) groups is 2. The number of carboxylic acid groups (broad SMARTS) is 1. The van der Waals surface area contributed by atoms with E-state index in [1.165, 1.54) is 7.05 Å². The van der Waals surface area contributed by atoms with Crippen molar-refractivity contribution in [1.82, 2.24) is 19.8 Å². The Balaban J connectivity index is 1.59. The van der Waals surface area contributed by atoms with Gasteiger partial charge < -0.3 is 19.9 Å². The summed E-state index contributed by atoms with van der Waals surface area (Å²) in [6, 6.07) is 9.79. The zero-order valence-corrected chi connectivity index (χ0v) is 20.1. The van der Waals surface area contributed by atoms with E-state index >= 15 is 0 Å². The Kier molecular flexibility index (Phi) is 7.05. The molecule has 1 aliphatic heterocycles. The lowest BCUT2D eigenvalue weighted by Gasteiger charge is -2.33. The number of likely N-dealkylation sites (tertiary alicyclic amines) is 1. The van der Waals surface area contributed by atoms with Crippen molar-refractivity contribution in [2.24, 2.45) is 0 Å². The normalized spacial score (nSPS) is 14.6. The first-order chi connectivity index (χ1) is 16.6. The van der Waals surface area contributed by atoms with Crippen LogP contribution in [0, 0.1) is 13.8 Å². The van der Waals surface area contributed by atoms with Crippen molar-refractivity contribution in [1.29, 1.82) is 0 Å². The number of fused-ring (bicyclic) bond motifs is 1. The summed E-state index contributed by atoms with van der Waals surface area (Å²) in [5.41, 5.74) is 5.70. The molecule has 4 rings (SSSR count). The molecule has 3 heterocycles. The summed E-state index contributed by atoms with van der Waals surface area (Å²) in [5, 5.41) is 9.79. The van der Waals surface area contributed by atoms with Crippen molar-refractivity contribution in [2.45, 2.75) is 45.5 Å². The van der Waals surface area contributed by atoms with Gasteiger partial charge in [0, 0.05) is 54.4 Å². The van der Waals surface area contributed by atoms with Gasteiger partial charge in [0.2, 0.25) is 12.3 Å². The molecule has 2 amide bonds. The molecule has 2 aromatic heterocycles. The first-order valence-electron chi connectivity index (χ1n) is 11.7. The van der Waals surface area contributed by atoms with E-state index in [-0.39, 0.29) is 24.8 Å². The molecule has 1 fully saturated rings. The van der Waals surface area contributed by atoms with E-state index in [9.17, 15) is 18.4 Å². The van der Waals surface area contributed by atoms with Gasteiger partial charge in [-0.2, -0.15) is 0 Å². The summed E-state index contributed by atoms with van der Waals surface area (Å²) in [6.45, 7) is 4.68. The number of benzene rings is 1. The number of H-pyrrole nitrogens is 1. The highest BCUT2D eigenvalue weighted by atomic mass is 19.3. The molecule has 0 saturated carbocycles. The topological polar surface area (TPSA) is 89.5 Å². The second-order valence-electron chi connectivity index (χ2n) is 9.31. The number of aromatic amines is 1. The molecule has 186 valence electrons. The van der Waals surface area contributed by atoms with Crippen molar-refractivity contribution in [3.05, 3.63) is 52.8 Å². The van der Waals surface area contributed by atoms with E-state index in [4.69, 9.17) is 5.11 Å². The van der Waals surface area contributed by atoms with Crippen molar-refractivity contribution in [3.63, 3.8) is 0 Å². The maximum absolute atomic E-state index is 13.6. The third-order valence-corrected chi connectivity index (χ3v) is 6.68. The average Bonchev–Trinajstić information content (AvgIpc) is 3.15. The molecule has 3 aromatic rings. The summed E-state index contributed by atoms with van der Waals surface area (Å²) >= 11 is 0. The number of rotatable bonds is 6. The van der Waals surface area contributed by atoms with Crippen LogP contribution in [0.15, 0.2) is 30.3 Å². The summed E-state index contributed by atoms with van der Waals surface area (Å²) in [6.07, 6.45) is -2.48. The lowest BCUT2D eigenvalue weighted by Crippen LogP contribution is -2.44. The smallest absolute Gasteiger partial charge is 0.407 e. The number of nitrogens with zero attached hydrogens (tertiary/aromatic N) is 3. The van der Waals surface area contributed by atoms with Crippen LogP contribution in [0.5, 0.6) is 0 Å². The van der Waals surface area contributed by atoms with Crippen LogP contribution < -0.4 is 0 Å². The number of amides is 2. The van der Waals surface area contributed by atoms with Crippen LogP contribution in [0.2, 0.25) is 0 Å². The second-order valence-corrected chi connectivity index (χ2v) is 9.31. The van der Waals surface area contributed by atoms with Gasteiger partial charge in [0.05, 0.1) is 5.69 Å². The summed E-state index contributed by atoms with van der Waals surface area (Å²) in [5.74, 6) is -0.00921. The molecule has 35 heavy (non-hydrogen) atoms. The molecule has 1 saturated heterocycles. The maximum Gasteiger partial charge on any atom is 0.407 e. The minimum absolute atomic E-state index is 0.164. The number of aromatic nitrogens is 2. The Hall–Kier alpha value is -3.49. The van der Waals surface area contributed by atoms with E-state index in [1.807, 2.05) is 44.2 Å². The largest absolute Gasteiger partial charge is 0.465 e. The lowest BCUT2D eigenvalue weighted by atomic mass is 9.88. The monoisotopic (exact) mass is 484 g/mol. The number of aryl methyl sites for hydroxylation is 2. The lowest BCUT2D eigenvalue weighted by molar-refractivity contribution is -0.132. The van der Waals surface area contributed by atoms with Crippen LogP contribution in [0.3, 0.4) is 0 Å². The van der Waals surface area contributed by atoms with Gasteiger partial charge in [-0.25, -0.2) is 13.6 Å². The minimum Gasteiger partial charge on any atom is -0.465 e. The van der Waals surface area contributed by atoms with Gasteiger partial charge in [-0.1, -0.05) is 6.07 Å². The average molecular weight is 485 g/mol. The van der Waals surface area contributed by atoms with E-state index < -0.39 is 12.5 Å². The van der Waals surface area contributed by atoms with Crippen LogP contribution >= 0.6 is 0 Å². The minimum atomic E-state index is -2.47. The number of alkyl halides is 2. The van der Waals surface area contributed by atoms with Crippen LogP contribution in [0.1, 0.15) is 41.3 Å². The van der Waals surface area contributed by atoms with Gasteiger partial charge in [-0.15, -0.1) is 0 Å². The number of pyridine rings is 1. The standard InChI is InChI=1S/C26H30F2N4O3/c1-15-10-19(11-16(2)29-15)25-21(13-23(27)28)20-12-18(4-5-22(20)30-25)17-6-8-32(9-7-17)24(33)14-31(3)26(34)35/h4-5,10-12,17,23,30H,6-9,13-14H2,1-3H3,(H,34,35). The summed E-state index contributed by atoms with van der Waals surface area (Å²) < 4.78 is 27.2. The van der Waals surface area contributed by atoms with Crippen LogP contribution in [-0.2, 0) is 11.2 Å². The van der Waals surface area contributed by atoms with Gasteiger partial charge in [-0.05, 0) is 68.0 Å². The number of hydrogen-bond donors (Lipinski definition) is 2. The number of likely N-dealkylation sites (N-methyl/N-ethyl adjacent to an activating group) is 1. The molecule has 0 atom stereocenters. The summed E-state index contributed by atoms with van der Waals surface area (Å²) in [4.78, 5) is 33.8. The van der Waals surface area contributed by atoms with Crippen molar-refractivity contribution in [2.75, 3.05) is 26.7 Å². The number of piperidine rings is 1. The molecule has 1 aliphatic rings. The molecule has 7 nitrogen and oxygen atoms in total. The molecule has 0 aliphatic carbocycles. The molecular weight excluding hydrogens is 454 g/mol. The number of nitrogens with one attached hydrogen (secondary N) is 1. The predicted octanol–water partition coefficient (Wildman–Crippen LogP) is 4.97. The Labute approximate surface area is 202 Å². The number of halogens is 2. The molecule has 1 aromatic carbocycles. The fraction of sp³-hybridized carbons (Fsp3) is 0.423.